The summed E-state index contributed by atoms with van der Waals surface area (Å²) in [4.78, 5) is 60.1. The second-order valence-electron chi connectivity index (χ2n) is 20.2. The van der Waals surface area contributed by atoms with Gasteiger partial charge in [0, 0.05) is 9.82 Å². The molecule has 11 atom stereocenters. The summed E-state index contributed by atoms with van der Waals surface area (Å²) < 4.78 is 79.3. The fourth-order valence-corrected chi connectivity index (χ4v) is 15.3. The molecular formula is C47H91N16O24P5. The standard InChI is InChI=1S/C11H16N7O13P3.C11H13N7O4.C8H22N2O7P2.2C8H18.CH4/c12-10-6-2-1-5(18(6)15-4-14-10)8-7(19)9(20)11(29-8,16-17-13)3-28-33(24,25)31-34(26,27)30-32(21,22)23;12-10-6-2-1-5(18(6)15-4-14-10)8-7(20)9(21)11(3-19,22-8)16-17-13;1-3-5-7-9-19(16-12,17-15-11,18(13)14)10-8-6-4-2;2*1-3-5-7-8-6-4-2;/h1-2,4,7-9,19-20H,3H2,(H,24,25)(H,26,27)(H2,12,14,15)(H2,21,22,23);1-2,4,7-9,19-21H,3H2,(H2,12,14,15);9-12H,3-8H2,1-2H3;2*3-8H2,1-2H3;1H4/t2*7-,8-,9-,11+;;;;/m00..../s1. The minimum atomic E-state index is -5.83. The molecule has 0 radical (unpaired) electrons. The van der Waals surface area contributed by atoms with Crippen LogP contribution in [0.4, 0.5) is 11.6 Å². The largest absolute Gasteiger partial charge is 0.490 e. The van der Waals surface area contributed by atoms with Crippen LogP contribution in [0, 0.1) is 0 Å². The molecule has 92 heavy (non-hydrogen) atoms. The first-order valence-corrected chi connectivity index (χ1v) is 37.2. The van der Waals surface area contributed by atoms with Crippen molar-refractivity contribution in [2.24, 2.45) is 10.2 Å². The van der Waals surface area contributed by atoms with Crippen LogP contribution in [0.2, 0.25) is 0 Å². The predicted molar refractivity (Wildman–Crippen MR) is 331 cm³/mol. The van der Waals surface area contributed by atoms with Crippen LogP contribution in [0.25, 0.3) is 31.9 Å². The molecule has 2 fully saturated rings. The van der Waals surface area contributed by atoms with Crippen LogP contribution >= 0.6 is 38.2 Å². The molecule has 4 aromatic heterocycles. The SMILES string of the molecule is C.CCCCCCCC.CCCCCCCC.CCCCNP(NCCCC)(OO)(OOO)[P+](=O)[O-].[N-]=[N+]=N[C@]1(CO)O[C@@H](c2ccc3c(N)ncnn23)[C@H](O)[C@@H]1O.[N-]=[N+]=N[C@]1(COP(=O)(O)OP(=O)(O)OP(=O)(O)O)O[C@@H](c2ccc3c(N)ncnn23)[C@H](O)[C@@H]1O. The third-order valence-electron chi connectivity index (χ3n) is 13.3. The van der Waals surface area contributed by atoms with Crippen molar-refractivity contribution in [1.82, 2.24) is 39.4 Å². The molecule has 40 nitrogen and oxygen atoms in total. The van der Waals surface area contributed by atoms with Gasteiger partial charge in [-0.1, -0.05) is 122 Å². The van der Waals surface area contributed by atoms with Gasteiger partial charge in [-0.25, -0.2) is 32.7 Å². The molecule has 6 heterocycles. The third kappa shape index (κ3) is 24.5. The van der Waals surface area contributed by atoms with Gasteiger partial charge in [0.15, 0.2) is 23.1 Å². The molecule has 528 valence electrons. The number of rotatable bonds is 34. The van der Waals surface area contributed by atoms with Gasteiger partial charge in [-0.2, -0.15) is 18.8 Å². The van der Waals surface area contributed by atoms with Gasteiger partial charge < -0.3 is 66.0 Å². The van der Waals surface area contributed by atoms with Crippen LogP contribution in [0.15, 0.2) is 47.1 Å². The quantitative estimate of drug-likeness (QED) is 0.00402. The molecule has 0 aliphatic carbocycles. The Balaban J connectivity index is 0.000000633. The molecule has 45 heteroatoms. The van der Waals surface area contributed by atoms with Crippen molar-refractivity contribution >= 4 is 60.9 Å². The molecule has 4 aromatic rings. The molecule has 2 aliphatic heterocycles. The molecule has 0 aromatic carbocycles. The fourth-order valence-electron chi connectivity index (χ4n) is 8.56. The first-order valence-electron chi connectivity index (χ1n) is 28.8. The van der Waals surface area contributed by atoms with Gasteiger partial charge in [0.2, 0.25) is 0 Å². The Hall–Kier alpha value is -4.20. The Morgan fingerprint density at radius 2 is 1.07 bits per heavy atom. The average Bonchev–Trinajstić information content (AvgIpc) is 1.40. The molecular weight excluding hydrogens is 1330 g/mol. The predicted octanol–water partition coefficient (Wildman–Crippen LogP) is 7.84. The molecule has 0 bridgehead atoms. The van der Waals surface area contributed by atoms with Crippen molar-refractivity contribution in [3.05, 3.63) is 69.2 Å². The van der Waals surface area contributed by atoms with Crippen LogP contribution in [-0.4, -0.2) is 147 Å². The number of anilines is 2. The van der Waals surface area contributed by atoms with Gasteiger partial charge in [0.05, 0.1) is 24.6 Å². The number of fused-ring (bicyclic) bond motifs is 2. The summed E-state index contributed by atoms with van der Waals surface area (Å²) in [5, 5.41) is 91.1. The molecule has 2 saturated heterocycles. The van der Waals surface area contributed by atoms with Gasteiger partial charge in [-0.05, 0) is 35.3 Å². The van der Waals surface area contributed by atoms with Crippen molar-refractivity contribution in [3.8, 4) is 0 Å². The normalized spacial score (nSPS) is 22.9. The molecule has 0 saturated carbocycles. The molecule has 3 unspecified atom stereocenters. The van der Waals surface area contributed by atoms with E-state index in [0.29, 0.717) is 24.1 Å². The maximum atomic E-state index is 12.0. The summed E-state index contributed by atoms with van der Waals surface area (Å²) in [5.74, 6) is 0.293. The number of aliphatic hydroxyl groups is 5. The van der Waals surface area contributed by atoms with Crippen LogP contribution in [0.5, 0.6) is 0 Å². The van der Waals surface area contributed by atoms with E-state index in [-0.39, 0.29) is 43.4 Å². The summed E-state index contributed by atoms with van der Waals surface area (Å²) >= 11 is 0. The summed E-state index contributed by atoms with van der Waals surface area (Å²) in [6.07, 6.45) is 12.6. The topological polar surface area (TPSA) is 622 Å². The monoisotopic (exact) mass is 1420 g/mol. The molecule has 0 amide bonds. The zero-order valence-electron chi connectivity index (χ0n) is 51.1. The van der Waals surface area contributed by atoms with E-state index in [1.165, 1.54) is 105 Å². The van der Waals surface area contributed by atoms with Gasteiger partial charge in [-0.15, -0.1) is 0 Å². The molecule has 6 rings (SSSR count). The number of nitrogens with two attached hydrogens (primary N) is 2. The Morgan fingerprint density at radius 1 is 0.674 bits per heavy atom. The zero-order valence-corrected chi connectivity index (χ0v) is 55.5. The smallest absolute Gasteiger partial charge is 0.393 e. The second kappa shape index (κ2) is 41.0. The van der Waals surface area contributed by atoms with E-state index in [0.717, 1.165) is 19.2 Å². The van der Waals surface area contributed by atoms with Crippen molar-refractivity contribution in [2.45, 2.75) is 200 Å². The summed E-state index contributed by atoms with van der Waals surface area (Å²) in [7, 11) is -25.5. The van der Waals surface area contributed by atoms with E-state index in [1.807, 2.05) is 13.8 Å². The van der Waals surface area contributed by atoms with E-state index < -0.39 is 99.5 Å². The van der Waals surface area contributed by atoms with E-state index >= 15 is 0 Å². The summed E-state index contributed by atoms with van der Waals surface area (Å²) in [5.41, 5.74) is 25.6. The van der Waals surface area contributed by atoms with Gasteiger partial charge in [-0.3, -0.25) is 4.52 Å². The maximum absolute atomic E-state index is 12.0. The van der Waals surface area contributed by atoms with Crippen molar-refractivity contribution in [2.75, 3.05) is 37.8 Å². The molecule has 17 N–H and O–H groups in total. The fraction of sp³-hybridized carbons (Fsp3) is 0.745. The van der Waals surface area contributed by atoms with Gasteiger partial charge >= 0.3 is 135 Å². The van der Waals surface area contributed by atoms with Gasteiger partial charge in [0.1, 0.15) is 60.3 Å². The first kappa shape index (κ1) is 85.8. The Labute approximate surface area is 531 Å². The molecule has 2 aliphatic rings. The van der Waals surface area contributed by atoms with Crippen LogP contribution in [0.1, 0.15) is 175 Å². The van der Waals surface area contributed by atoms with Gasteiger partial charge in [0.25, 0.3) is 0 Å². The number of azide groups is 2. The number of nitrogens with one attached hydrogen (secondary N) is 2. The number of phosphoric acid groups is 3. The van der Waals surface area contributed by atoms with Crippen molar-refractivity contribution < 1.29 is 116 Å². The number of aromatic nitrogens is 6. The van der Waals surface area contributed by atoms with Crippen LogP contribution in [0.3, 0.4) is 0 Å². The number of hydrogen-bond acceptors (Lipinski definition) is 30. The average molecular weight is 1420 g/mol. The van der Waals surface area contributed by atoms with E-state index in [9.17, 15) is 58.5 Å². The van der Waals surface area contributed by atoms with E-state index in [1.54, 1.807) is 12.1 Å². The minimum Gasteiger partial charge on any atom is -0.393 e. The number of phosphoric ester groups is 1. The van der Waals surface area contributed by atoms with Crippen molar-refractivity contribution in [1.29, 1.82) is 0 Å². The number of nitrogen functional groups attached to an aromatic ring is 2. The Morgan fingerprint density at radius 3 is 1.41 bits per heavy atom. The third-order valence-corrected chi connectivity index (χ3v) is 23.0. The number of nitrogens with zero attached hydrogens (tertiary/aromatic N) is 12. The molecule has 0 spiro atoms. The maximum Gasteiger partial charge on any atom is 0.490 e. The number of hydrogen-bond donors (Lipinski definition) is 15. The van der Waals surface area contributed by atoms with Crippen LogP contribution in [-0.2, 0) is 55.3 Å². The van der Waals surface area contributed by atoms with E-state index in [2.05, 4.69) is 106 Å². The second-order valence-corrected chi connectivity index (χ2v) is 31.0. The first-order chi connectivity index (χ1) is 43.0. The minimum absolute atomic E-state index is 0. The number of ether oxygens (including phenoxy) is 2. The summed E-state index contributed by atoms with van der Waals surface area (Å²) in [6, 6.07) is 6.05. The number of aliphatic hydroxyl groups excluding tert-OH is 5. The number of unbranched alkanes of at least 4 members (excludes halogenated alkanes) is 12. The van der Waals surface area contributed by atoms with Crippen LogP contribution < -0.4 is 26.5 Å². The van der Waals surface area contributed by atoms with E-state index in [4.69, 9.17) is 52.3 Å². The van der Waals surface area contributed by atoms with Crippen molar-refractivity contribution in [3.63, 3.8) is 0 Å². The Bertz CT molecular complexity index is 3060. The summed E-state index contributed by atoms with van der Waals surface area (Å²) in [6.45, 7) is 11.1. The Kier molecular flexibility index (Phi) is 38.3. The zero-order chi connectivity index (χ0) is 68.7.